The van der Waals surface area contributed by atoms with E-state index in [1.165, 1.54) is 0 Å². The summed E-state index contributed by atoms with van der Waals surface area (Å²) in [5.41, 5.74) is 0.525. The molecule has 0 aliphatic heterocycles. The second-order valence-electron chi connectivity index (χ2n) is 2.75. The lowest BCUT2D eigenvalue weighted by atomic mass is 10.1. The van der Waals surface area contributed by atoms with E-state index in [9.17, 15) is 9.59 Å². The van der Waals surface area contributed by atoms with Gasteiger partial charge in [0.15, 0.2) is 6.04 Å². The average Bonchev–Trinajstić information content (AvgIpc) is 2.15. The Morgan fingerprint density at radius 3 is 2.29 bits per heavy atom. The zero-order valence-electron chi connectivity index (χ0n) is 7.43. The summed E-state index contributed by atoms with van der Waals surface area (Å²) in [6, 6.07) is 7.43. The number of rotatable bonds is 3. The summed E-state index contributed by atoms with van der Waals surface area (Å²) in [6.45, 7) is 3.07. The summed E-state index contributed by atoms with van der Waals surface area (Å²) in [6.07, 6.45) is 0. The summed E-state index contributed by atoms with van der Waals surface area (Å²) < 4.78 is 0. The molecule has 2 N–H and O–H groups in total. The molecule has 4 heteroatoms. The number of carbonyl (C=O) groups is 2. The highest BCUT2D eigenvalue weighted by Gasteiger charge is 2.19. The number of benzene rings is 1. The Bertz CT molecular complexity index is 334. The van der Waals surface area contributed by atoms with Crippen molar-refractivity contribution < 1.29 is 14.7 Å². The fraction of sp³-hybridized carbons (Fsp3) is 0.100. The minimum atomic E-state index is -1.10. The van der Waals surface area contributed by atoms with Crippen LogP contribution < -0.4 is 5.32 Å². The Kier molecular flexibility index (Phi) is 3.23. The number of hydrogen-bond donors (Lipinski definition) is 2. The maximum atomic E-state index is 10.8. The lowest BCUT2D eigenvalue weighted by Gasteiger charge is -2.12. The van der Waals surface area contributed by atoms with Gasteiger partial charge in [-0.15, -0.1) is 0 Å². The first-order chi connectivity index (χ1) is 6.61. The van der Waals surface area contributed by atoms with E-state index in [1.807, 2.05) is 0 Å². The highest BCUT2D eigenvalue weighted by atomic mass is 16.4. The summed E-state index contributed by atoms with van der Waals surface area (Å²) in [4.78, 5) is 21.4. The van der Waals surface area contributed by atoms with E-state index in [-0.39, 0.29) is 0 Å². The van der Waals surface area contributed by atoms with Crippen molar-refractivity contribution in [2.24, 2.45) is 0 Å². The van der Waals surface area contributed by atoms with E-state index in [4.69, 9.17) is 5.11 Å². The van der Waals surface area contributed by atoms with Crippen LogP contribution in [-0.2, 0) is 9.59 Å². The first-order valence-corrected chi connectivity index (χ1v) is 4.01. The van der Waals surface area contributed by atoms with Crippen molar-refractivity contribution in [1.82, 2.24) is 5.32 Å². The molecule has 0 aliphatic carbocycles. The summed E-state index contributed by atoms with van der Waals surface area (Å²) >= 11 is 0. The maximum Gasteiger partial charge on any atom is 0.330 e. The Balaban J connectivity index is 2.89. The fourth-order valence-electron chi connectivity index (χ4n) is 1.09. The standard InChI is InChI=1S/C10H10NO3/c1-7(12)11-9(10(13)14)8-5-3-2-4-6-8/h2-6,9H,1H2,(H,11,12)(H,13,14). The van der Waals surface area contributed by atoms with Gasteiger partial charge in [-0.2, -0.15) is 0 Å². The number of amides is 1. The topological polar surface area (TPSA) is 66.4 Å². The van der Waals surface area contributed by atoms with Gasteiger partial charge in [0.1, 0.15) is 0 Å². The number of aliphatic carboxylic acids is 1. The molecule has 0 spiro atoms. The first kappa shape index (κ1) is 10.2. The molecule has 0 fully saturated rings. The van der Waals surface area contributed by atoms with Crippen molar-refractivity contribution in [2.45, 2.75) is 6.04 Å². The largest absolute Gasteiger partial charge is 0.479 e. The third-order valence-corrected chi connectivity index (χ3v) is 1.69. The van der Waals surface area contributed by atoms with Crippen molar-refractivity contribution >= 4 is 11.9 Å². The Morgan fingerprint density at radius 2 is 1.86 bits per heavy atom. The molecule has 0 saturated heterocycles. The van der Waals surface area contributed by atoms with Crippen molar-refractivity contribution in [3.05, 3.63) is 42.8 Å². The Hall–Kier alpha value is -1.84. The molecule has 0 saturated carbocycles. The second-order valence-corrected chi connectivity index (χ2v) is 2.75. The van der Waals surface area contributed by atoms with Crippen LogP contribution in [0.25, 0.3) is 0 Å². The smallest absolute Gasteiger partial charge is 0.330 e. The first-order valence-electron chi connectivity index (χ1n) is 4.01. The molecule has 1 amide bonds. The zero-order valence-corrected chi connectivity index (χ0v) is 7.43. The molecule has 1 aromatic carbocycles. The molecular formula is C10H10NO3. The predicted molar refractivity (Wildman–Crippen MR) is 50.3 cm³/mol. The van der Waals surface area contributed by atoms with E-state index < -0.39 is 17.9 Å². The second kappa shape index (κ2) is 4.41. The predicted octanol–water partition coefficient (Wildman–Crippen LogP) is 0.763. The minimum Gasteiger partial charge on any atom is -0.479 e. The van der Waals surface area contributed by atoms with Gasteiger partial charge >= 0.3 is 5.97 Å². The van der Waals surface area contributed by atoms with Gasteiger partial charge in [-0.25, -0.2) is 4.79 Å². The van der Waals surface area contributed by atoms with Gasteiger partial charge in [0.05, 0.1) is 0 Å². The summed E-state index contributed by atoms with van der Waals surface area (Å²) in [5.74, 6) is -1.71. The van der Waals surface area contributed by atoms with Gasteiger partial charge in [-0.05, 0) is 5.56 Å². The molecular weight excluding hydrogens is 182 g/mol. The van der Waals surface area contributed by atoms with Gasteiger partial charge in [0.25, 0.3) is 0 Å². The van der Waals surface area contributed by atoms with Crippen molar-refractivity contribution in [3.8, 4) is 0 Å². The number of nitrogens with one attached hydrogen (secondary N) is 1. The van der Waals surface area contributed by atoms with Gasteiger partial charge in [-0.1, -0.05) is 30.3 Å². The molecule has 0 heterocycles. The Morgan fingerprint density at radius 1 is 1.29 bits per heavy atom. The van der Waals surface area contributed by atoms with Crippen LogP contribution in [0.1, 0.15) is 11.6 Å². The third-order valence-electron chi connectivity index (χ3n) is 1.69. The van der Waals surface area contributed by atoms with Crippen molar-refractivity contribution in [1.29, 1.82) is 0 Å². The number of carbonyl (C=O) groups excluding carboxylic acids is 1. The van der Waals surface area contributed by atoms with E-state index in [1.54, 1.807) is 30.3 Å². The quantitative estimate of drug-likeness (QED) is 0.743. The van der Waals surface area contributed by atoms with Crippen LogP contribution in [0.15, 0.2) is 30.3 Å². The average molecular weight is 192 g/mol. The number of hydrogen-bond acceptors (Lipinski definition) is 2. The third kappa shape index (κ3) is 2.58. The molecule has 0 bridgehead atoms. The summed E-state index contributed by atoms with van der Waals surface area (Å²) in [7, 11) is 0. The summed E-state index contributed by atoms with van der Waals surface area (Å²) in [5, 5.41) is 11.1. The number of carboxylic acid groups (broad SMARTS) is 1. The van der Waals surface area contributed by atoms with E-state index >= 15 is 0 Å². The molecule has 14 heavy (non-hydrogen) atoms. The van der Waals surface area contributed by atoms with Crippen LogP contribution in [0, 0.1) is 6.92 Å². The zero-order chi connectivity index (χ0) is 10.6. The van der Waals surface area contributed by atoms with Gasteiger partial charge < -0.3 is 10.4 Å². The van der Waals surface area contributed by atoms with Crippen LogP contribution in [0.2, 0.25) is 0 Å². The minimum absolute atomic E-state index is 0.525. The monoisotopic (exact) mass is 192 g/mol. The van der Waals surface area contributed by atoms with Crippen LogP contribution in [0.5, 0.6) is 0 Å². The molecule has 0 aromatic heterocycles. The highest BCUT2D eigenvalue weighted by Crippen LogP contribution is 2.11. The normalized spacial score (nSPS) is 11.8. The van der Waals surface area contributed by atoms with Gasteiger partial charge in [0, 0.05) is 6.92 Å². The molecule has 73 valence electrons. The molecule has 0 aliphatic rings. The molecule has 1 unspecified atom stereocenters. The maximum absolute atomic E-state index is 10.8. The molecule has 1 rings (SSSR count). The lowest BCUT2D eigenvalue weighted by molar-refractivity contribution is -0.141. The highest BCUT2D eigenvalue weighted by molar-refractivity contribution is 5.86. The van der Waals surface area contributed by atoms with E-state index in [2.05, 4.69) is 12.2 Å². The molecule has 1 radical (unpaired) electrons. The fourth-order valence-corrected chi connectivity index (χ4v) is 1.09. The van der Waals surface area contributed by atoms with Crippen molar-refractivity contribution in [3.63, 3.8) is 0 Å². The molecule has 1 aromatic rings. The van der Waals surface area contributed by atoms with E-state index in [0.29, 0.717) is 5.56 Å². The number of carboxylic acids is 1. The van der Waals surface area contributed by atoms with Crippen LogP contribution in [0.3, 0.4) is 0 Å². The van der Waals surface area contributed by atoms with E-state index in [0.717, 1.165) is 0 Å². The lowest BCUT2D eigenvalue weighted by Crippen LogP contribution is -2.32. The van der Waals surface area contributed by atoms with Gasteiger partial charge in [-0.3, -0.25) is 4.79 Å². The van der Waals surface area contributed by atoms with Gasteiger partial charge in [0.2, 0.25) is 5.91 Å². The Labute approximate surface area is 81.6 Å². The van der Waals surface area contributed by atoms with Crippen LogP contribution >= 0.6 is 0 Å². The SMILES string of the molecule is [CH2]C(=O)NC(C(=O)O)c1ccccc1. The van der Waals surface area contributed by atoms with Crippen LogP contribution in [-0.4, -0.2) is 17.0 Å². The van der Waals surface area contributed by atoms with Crippen LogP contribution in [0.4, 0.5) is 0 Å². The van der Waals surface area contributed by atoms with Crippen molar-refractivity contribution in [2.75, 3.05) is 0 Å². The molecule has 1 atom stereocenters. The molecule has 4 nitrogen and oxygen atoms in total.